The summed E-state index contributed by atoms with van der Waals surface area (Å²) in [4.78, 5) is 19.5. The number of aromatic nitrogens is 3. The first kappa shape index (κ1) is 22.8. The lowest BCUT2D eigenvalue weighted by molar-refractivity contribution is 0.132. The Hall–Kier alpha value is -3.95. The molecule has 1 aliphatic heterocycles. The molecule has 2 N–H and O–H groups in total. The highest BCUT2D eigenvalue weighted by molar-refractivity contribution is 6.32. The van der Waals surface area contributed by atoms with E-state index in [2.05, 4.69) is 25.3 Å². The lowest BCUT2D eigenvalue weighted by Gasteiger charge is -2.12. The largest absolute Gasteiger partial charge is 0.457 e. The highest BCUT2D eigenvalue weighted by atomic mass is 35.5. The van der Waals surface area contributed by atoms with Crippen LogP contribution in [0.25, 0.3) is 10.9 Å². The van der Waals surface area contributed by atoms with E-state index in [1.165, 1.54) is 6.33 Å². The molecule has 4 aromatic rings. The number of nitrogens with zero attached hydrogens (tertiary/aromatic N) is 5. The summed E-state index contributed by atoms with van der Waals surface area (Å²) in [5, 5.41) is 13.9. The third-order valence-electron chi connectivity index (χ3n) is 5.43. The fourth-order valence-corrected chi connectivity index (χ4v) is 3.85. The Bertz CT molecular complexity index is 1400. The number of pyridine rings is 1. The number of likely N-dealkylation sites (N-methyl/N-ethyl adjacent to an activating group) is 1. The molecular weight excluding hydrogens is 468 g/mol. The molecule has 0 aliphatic carbocycles. The predicted octanol–water partition coefficient (Wildman–Crippen LogP) is 4.83. The Balaban J connectivity index is 1.39. The van der Waals surface area contributed by atoms with E-state index < -0.39 is 0 Å². The molecule has 3 heterocycles. The van der Waals surface area contributed by atoms with Crippen molar-refractivity contribution in [1.29, 1.82) is 0 Å². The van der Waals surface area contributed by atoms with Crippen LogP contribution in [-0.2, 0) is 4.74 Å². The zero-order chi connectivity index (χ0) is 24.4. The Morgan fingerprint density at radius 3 is 2.80 bits per heavy atom. The van der Waals surface area contributed by atoms with Crippen molar-refractivity contribution in [1.82, 2.24) is 19.9 Å². The summed E-state index contributed by atoms with van der Waals surface area (Å²) >= 11 is 6.48. The van der Waals surface area contributed by atoms with Crippen molar-refractivity contribution in [2.24, 2.45) is 4.99 Å². The van der Waals surface area contributed by atoms with E-state index in [0.717, 1.165) is 22.3 Å². The van der Waals surface area contributed by atoms with Crippen LogP contribution in [0, 0.1) is 6.92 Å². The number of aliphatic hydroxyl groups is 1. The summed E-state index contributed by atoms with van der Waals surface area (Å²) in [5.74, 6) is 1.74. The minimum Gasteiger partial charge on any atom is -0.457 e. The van der Waals surface area contributed by atoms with Gasteiger partial charge in [0.15, 0.2) is 0 Å². The number of fused-ring (bicyclic) bond motifs is 1. The van der Waals surface area contributed by atoms with Crippen molar-refractivity contribution in [3.8, 4) is 11.5 Å². The molecule has 0 amide bonds. The van der Waals surface area contributed by atoms with Gasteiger partial charge in [-0.15, -0.1) is 0 Å². The van der Waals surface area contributed by atoms with Crippen LogP contribution in [0.3, 0.4) is 0 Å². The molecule has 2 aromatic heterocycles. The quantitative estimate of drug-likeness (QED) is 0.396. The Morgan fingerprint density at radius 1 is 1.17 bits per heavy atom. The fraction of sp³-hybridized carbons (Fsp3) is 0.200. The van der Waals surface area contributed by atoms with Gasteiger partial charge in [-0.1, -0.05) is 11.6 Å². The van der Waals surface area contributed by atoms with Gasteiger partial charge in [0.1, 0.15) is 29.7 Å². The van der Waals surface area contributed by atoms with Crippen molar-refractivity contribution in [3.63, 3.8) is 0 Å². The number of aryl methyl sites for hydroxylation is 1. The number of anilines is 2. The summed E-state index contributed by atoms with van der Waals surface area (Å²) in [6.45, 7) is 2.44. The molecule has 1 saturated heterocycles. The molecule has 1 fully saturated rings. The van der Waals surface area contributed by atoms with Gasteiger partial charge in [-0.05, 0) is 55.5 Å². The Labute approximate surface area is 207 Å². The predicted molar refractivity (Wildman–Crippen MR) is 135 cm³/mol. The van der Waals surface area contributed by atoms with Crippen LogP contribution in [0.4, 0.5) is 17.2 Å². The number of rotatable bonds is 6. The third-order valence-corrected chi connectivity index (χ3v) is 5.73. The van der Waals surface area contributed by atoms with Crippen LogP contribution in [0.1, 0.15) is 5.69 Å². The second kappa shape index (κ2) is 9.73. The van der Waals surface area contributed by atoms with Crippen molar-refractivity contribution in [3.05, 3.63) is 71.8 Å². The van der Waals surface area contributed by atoms with Gasteiger partial charge < -0.3 is 24.8 Å². The van der Waals surface area contributed by atoms with Crippen LogP contribution >= 0.6 is 11.6 Å². The van der Waals surface area contributed by atoms with Crippen LogP contribution in [0.15, 0.2) is 66.0 Å². The molecule has 2 aromatic carbocycles. The number of halogens is 1. The molecule has 10 heteroatoms. The first-order valence-electron chi connectivity index (χ1n) is 11.0. The second-order valence-corrected chi connectivity index (χ2v) is 8.54. The molecule has 5 rings (SSSR count). The van der Waals surface area contributed by atoms with Crippen LogP contribution in [0.2, 0.25) is 5.02 Å². The first-order valence-corrected chi connectivity index (χ1v) is 11.4. The highest BCUT2D eigenvalue weighted by Gasteiger charge is 2.26. The fourth-order valence-electron chi connectivity index (χ4n) is 3.63. The van der Waals surface area contributed by atoms with Gasteiger partial charge in [0.05, 0.1) is 35.6 Å². The Kier molecular flexibility index (Phi) is 6.35. The zero-order valence-electron chi connectivity index (χ0n) is 19.1. The molecule has 9 nitrogen and oxygen atoms in total. The third kappa shape index (κ3) is 5.11. The van der Waals surface area contributed by atoms with Gasteiger partial charge in [-0.3, -0.25) is 4.98 Å². The normalized spacial score (nSPS) is 16.5. The van der Waals surface area contributed by atoms with E-state index in [1.807, 2.05) is 55.3 Å². The van der Waals surface area contributed by atoms with Crippen LogP contribution in [0.5, 0.6) is 11.5 Å². The summed E-state index contributed by atoms with van der Waals surface area (Å²) in [5.41, 5.74) is 3.10. The van der Waals surface area contributed by atoms with Gasteiger partial charge >= 0.3 is 0 Å². The molecule has 1 aliphatic rings. The number of benzene rings is 2. The number of ether oxygens (including phenoxy) is 2. The Morgan fingerprint density at radius 2 is 2.06 bits per heavy atom. The van der Waals surface area contributed by atoms with Crippen LogP contribution in [-0.4, -0.2) is 57.3 Å². The van der Waals surface area contributed by atoms with Gasteiger partial charge in [-0.25, -0.2) is 9.97 Å². The number of aliphatic hydroxyl groups excluding tert-OH is 1. The van der Waals surface area contributed by atoms with Crippen molar-refractivity contribution >= 4 is 45.7 Å². The van der Waals surface area contributed by atoms with Crippen LogP contribution < -0.4 is 10.1 Å². The van der Waals surface area contributed by atoms with Gasteiger partial charge in [0.25, 0.3) is 6.02 Å². The van der Waals surface area contributed by atoms with Gasteiger partial charge in [-0.2, -0.15) is 4.99 Å². The number of hydrogen-bond donors (Lipinski definition) is 2. The number of amidine groups is 1. The molecular formula is C25H23ClN6O3. The lowest BCUT2D eigenvalue weighted by Crippen LogP contribution is -2.21. The molecule has 1 atom stereocenters. The van der Waals surface area contributed by atoms with E-state index in [0.29, 0.717) is 40.6 Å². The van der Waals surface area contributed by atoms with E-state index in [9.17, 15) is 5.11 Å². The second-order valence-electron chi connectivity index (χ2n) is 8.13. The van der Waals surface area contributed by atoms with Crippen molar-refractivity contribution in [2.75, 3.05) is 25.5 Å². The molecule has 1 unspecified atom stereocenters. The standard InChI is InChI=1S/C25H23ClN6O3/c1-15-3-6-18(11-27-15)34-23-8-5-17(10-21(23)26)30-24-20-9-16(4-7-22(20)28-14-29-24)31-25-32(2)12-19(13-33)35-25/h3-11,14,19,33H,12-13H2,1-2H3,(H,28,29,30). The zero-order valence-corrected chi connectivity index (χ0v) is 19.9. The first-order chi connectivity index (χ1) is 17.0. The smallest absolute Gasteiger partial charge is 0.292 e. The minimum absolute atomic E-state index is 0.0582. The topological polar surface area (TPSA) is 105 Å². The van der Waals surface area contributed by atoms with Crippen molar-refractivity contribution < 1.29 is 14.6 Å². The van der Waals surface area contributed by atoms with E-state index in [-0.39, 0.29) is 12.7 Å². The van der Waals surface area contributed by atoms with Crippen molar-refractivity contribution in [2.45, 2.75) is 13.0 Å². The summed E-state index contributed by atoms with van der Waals surface area (Å²) in [7, 11) is 1.87. The summed E-state index contributed by atoms with van der Waals surface area (Å²) in [6.07, 6.45) is 2.88. The maximum atomic E-state index is 9.35. The number of aliphatic imine (C=N–C) groups is 1. The van der Waals surface area contributed by atoms with E-state index >= 15 is 0 Å². The lowest BCUT2D eigenvalue weighted by atomic mass is 10.2. The highest BCUT2D eigenvalue weighted by Crippen LogP contribution is 2.34. The maximum Gasteiger partial charge on any atom is 0.292 e. The summed E-state index contributed by atoms with van der Waals surface area (Å²) < 4.78 is 11.5. The average Bonchev–Trinajstić information content (AvgIpc) is 3.21. The number of hydrogen-bond acceptors (Lipinski definition) is 8. The number of nitrogens with one attached hydrogen (secondary N) is 1. The molecule has 0 saturated carbocycles. The van der Waals surface area contributed by atoms with E-state index in [1.54, 1.807) is 18.3 Å². The minimum atomic E-state index is -0.279. The average molecular weight is 491 g/mol. The molecule has 178 valence electrons. The molecule has 0 radical (unpaired) electrons. The molecule has 0 spiro atoms. The SMILES string of the molecule is Cc1ccc(Oc2ccc(Nc3ncnc4ccc(N=C5OC(CO)CN5C)cc34)cc2Cl)cn1. The monoisotopic (exact) mass is 490 g/mol. The van der Waals surface area contributed by atoms with E-state index in [4.69, 9.17) is 21.1 Å². The summed E-state index contributed by atoms with van der Waals surface area (Å²) in [6, 6.07) is 15.2. The maximum absolute atomic E-state index is 9.35. The molecule has 35 heavy (non-hydrogen) atoms. The van der Waals surface area contributed by atoms with Gasteiger partial charge in [0.2, 0.25) is 0 Å². The molecule has 0 bridgehead atoms. The van der Waals surface area contributed by atoms with Gasteiger partial charge in [0, 0.05) is 23.8 Å².